The van der Waals surface area contributed by atoms with Crippen LogP contribution >= 0.6 is 24.0 Å². The second kappa shape index (κ2) is 12.5. The lowest BCUT2D eigenvalue weighted by Crippen LogP contribution is -2.23. The minimum atomic E-state index is -0.527. The SMILES string of the molecule is CC.CC(C)(C)OC(=O)c1ccc(OSF)cc1.Cc1ccc(N)cc1Cl. The van der Waals surface area contributed by atoms with Gasteiger partial charge in [0.25, 0.3) is 12.4 Å². The van der Waals surface area contributed by atoms with Gasteiger partial charge in [-0.05, 0) is 69.7 Å². The van der Waals surface area contributed by atoms with E-state index < -0.39 is 11.6 Å². The van der Waals surface area contributed by atoms with E-state index in [2.05, 4.69) is 4.18 Å². The zero-order valence-corrected chi connectivity index (χ0v) is 18.1. The van der Waals surface area contributed by atoms with Crippen molar-refractivity contribution in [2.75, 3.05) is 5.73 Å². The van der Waals surface area contributed by atoms with E-state index >= 15 is 0 Å². The highest BCUT2D eigenvalue weighted by Crippen LogP contribution is 2.19. The van der Waals surface area contributed by atoms with Crippen molar-refractivity contribution in [1.29, 1.82) is 0 Å². The van der Waals surface area contributed by atoms with Gasteiger partial charge in [-0.25, -0.2) is 4.79 Å². The van der Waals surface area contributed by atoms with Crippen LogP contribution in [0.2, 0.25) is 5.02 Å². The lowest BCUT2D eigenvalue weighted by molar-refractivity contribution is 0.00695. The van der Waals surface area contributed by atoms with Crippen LogP contribution in [0.5, 0.6) is 5.75 Å². The number of ether oxygens (including phenoxy) is 1. The molecule has 27 heavy (non-hydrogen) atoms. The predicted octanol–water partition coefficient (Wildman–Crippen LogP) is 6.81. The van der Waals surface area contributed by atoms with E-state index in [-0.39, 0.29) is 12.4 Å². The number of hydrogen-bond donors (Lipinski definition) is 1. The summed E-state index contributed by atoms with van der Waals surface area (Å²) in [6, 6.07) is 11.5. The minimum absolute atomic E-state index is 0.237. The van der Waals surface area contributed by atoms with Crippen LogP contribution in [0.4, 0.5) is 9.57 Å². The quantitative estimate of drug-likeness (QED) is 0.339. The van der Waals surface area contributed by atoms with Crippen molar-refractivity contribution in [3.8, 4) is 5.75 Å². The average molecular weight is 416 g/mol. The van der Waals surface area contributed by atoms with Crippen molar-refractivity contribution in [2.45, 2.75) is 47.1 Å². The molecule has 0 radical (unpaired) electrons. The van der Waals surface area contributed by atoms with Crippen molar-refractivity contribution < 1.29 is 17.6 Å². The molecule has 0 heterocycles. The molecule has 0 aliphatic carbocycles. The molecule has 2 aromatic rings. The van der Waals surface area contributed by atoms with Gasteiger partial charge in [0.15, 0.2) is 0 Å². The lowest BCUT2D eigenvalue weighted by atomic mass is 10.1. The van der Waals surface area contributed by atoms with Gasteiger partial charge in [-0.2, -0.15) is 0 Å². The molecular formula is C20H27ClFNO3S. The van der Waals surface area contributed by atoms with Crippen molar-refractivity contribution in [1.82, 2.24) is 0 Å². The Hall–Kier alpha value is -1.92. The van der Waals surface area contributed by atoms with Crippen LogP contribution in [0.15, 0.2) is 42.5 Å². The average Bonchev–Trinajstić information content (AvgIpc) is 2.60. The van der Waals surface area contributed by atoms with E-state index in [1.54, 1.807) is 26.8 Å². The van der Waals surface area contributed by atoms with Crippen LogP contribution in [0, 0.1) is 6.92 Å². The predicted molar refractivity (Wildman–Crippen MR) is 113 cm³/mol. The van der Waals surface area contributed by atoms with Gasteiger partial charge in [-0.15, -0.1) is 3.89 Å². The molecule has 150 valence electrons. The third-order valence-corrected chi connectivity index (χ3v) is 3.48. The topological polar surface area (TPSA) is 61.5 Å². The molecule has 0 aliphatic heterocycles. The molecule has 7 heteroatoms. The molecule has 2 aromatic carbocycles. The highest BCUT2D eigenvalue weighted by Gasteiger charge is 2.17. The summed E-state index contributed by atoms with van der Waals surface area (Å²) >= 11 is 5.50. The van der Waals surface area contributed by atoms with E-state index in [1.807, 2.05) is 32.9 Å². The third kappa shape index (κ3) is 10.7. The first-order valence-corrected chi connectivity index (χ1v) is 9.44. The molecule has 0 amide bonds. The highest BCUT2D eigenvalue weighted by molar-refractivity contribution is 7.89. The summed E-state index contributed by atoms with van der Waals surface area (Å²) in [7, 11) is 0. The third-order valence-electron chi connectivity index (χ3n) is 2.81. The highest BCUT2D eigenvalue weighted by atomic mass is 35.5. The maximum absolute atomic E-state index is 11.8. The van der Waals surface area contributed by atoms with Crippen LogP contribution in [0.25, 0.3) is 0 Å². The number of nitrogen functional groups attached to an aromatic ring is 1. The number of halogens is 2. The molecule has 0 aliphatic rings. The molecule has 2 rings (SSSR count). The van der Waals surface area contributed by atoms with Crippen molar-refractivity contribution in [3.05, 3.63) is 58.6 Å². The number of esters is 1. The first-order chi connectivity index (χ1) is 12.6. The summed E-state index contributed by atoms with van der Waals surface area (Å²) in [5, 5.41) is 0.731. The Labute approximate surface area is 170 Å². The molecule has 0 unspecified atom stereocenters. The molecule has 2 N–H and O–H groups in total. The van der Waals surface area contributed by atoms with Gasteiger partial charge in [-0.3, -0.25) is 0 Å². The number of hydrogen-bond acceptors (Lipinski definition) is 5. The Morgan fingerprint density at radius 3 is 2.07 bits per heavy atom. The first kappa shape index (κ1) is 25.1. The molecule has 0 bridgehead atoms. The largest absolute Gasteiger partial charge is 0.456 e. The van der Waals surface area contributed by atoms with Gasteiger partial charge in [0.2, 0.25) is 0 Å². The molecule has 0 spiro atoms. The van der Waals surface area contributed by atoms with Gasteiger partial charge >= 0.3 is 5.97 Å². The van der Waals surface area contributed by atoms with E-state index in [0.717, 1.165) is 10.6 Å². The van der Waals surface area contributed by atoms with Crippen molar-refractivity contribution >= 4 is 35.7 Å². The molecule has 0 fully saturated rings. The zero-order chi connectivity index (χ0) is 21.0. The Balaban J connectivity index is 0.000000519. The Morgan fingerprint density at radius 1 is 1.11 bits per heavy atom. The molecule has 0 saturated carbocycles. The Bertz CT molecular complexity index is 703. The fourth-order valence-corrected chi connectivity index (χ4v) is 2.00. The lowest BCUT2D eigenvalue weighted by Gasteiger charge is -2.19. The van der Waals surface area contributed by atoms with E-state index in [0.29, 0.717) is 17.0 Å². The smallest absolute Gasteiger partial charge is 0.338 e. The summed E-state index contributed by atoms with van der Waals surface area (Å²) in [5.74, 6) is -0.0632. The number of nitrogens with two attached hydrogens (primary N) is 1. The van der Waals surface area contributed by atoms with E-state index in [4.69, 9.17) is 22.1 Å². The summed E-state index contributed by atoms with van der Waals surface area (Å²) in [5.41, 5.74) is 7.10. The van der Waals surface area contributed by atoms with Crippen molar-refractivity contribution in [2.24, 2.45) is 0 Å². The van der Waals surface area contributed by atoms with Gasteiger partial charge in [0.05, 0.1) is 5.56 Å². The molecular weight excluding hydrogens is 389 g/mol. The molecule has 4 nitrogen and oxygen atoms in total. The second-order valence-corrected chi connectivity index (χ2v) is 6.88. The standard InChI is InChI=1S/C11H13FO3S.C7H8ClN.C2H6/c1-11(2,3)14-10(13)8-4-6-9(7-5-8)15-16-12;1-5-2-3-6(9)4-7(5)8;1-2/h4-7H,1-3H3;2-4H,9H2,1H3;1-2H3. The number of anilines is 1. The van der Waals surface area contributed by atoms with Crippen LogP contribution in [0.3, 0.4) is 0 Å². The maximum Gasteiger partial charge on any atom is 0.338 e. The van der Waals surface area contributed by atoms with Crippen LogP contribution < -0.4 is 9.92 Å². The molecule has 0 aromatic heterocycles. The normalized spacial score (nSPS) is 9.93. The zero-order valence-electron chi connectivity index (χ0n) is 16.5. The summed E-state index contributed by atoms with van der Waals surface area (Å²) < 4.78 is 21.5. The molecule has 0 atom stereocenters. The summed E-state index contributed by atoms with van der Waals surface area (Å²) in [6.45, 7) is 11.3. The van der Waals surface area contributed by atoms with Crippen LogP contribution in [-0.4, -0.2) is 11.6 Å². The van der Waals surface area contributed by atoms with Crippen LogP contribution in [-0.2, 0) is 4.74 Å². The minimum Gasteiger partial charge on any atom is -0.456 e. The van der Waals surface area contributed by atoms with E-state index in [9.17, 15) is 8.68 Å². The maximum atomic E-state index is 11.8. The van der Waals surface area contributed by atoms with Crippen molar-refractivity contribution in [3.63, 3.8) is 0 Å². The monoisotopic (exact) mass is 415 g/mol. The number of carbonyl (C=O) groups excluding carboxylic acids is 1. The van der Waals surface area contributed by atoms with Gasteiger partial charge in [-0.1, -0.05) is 31.5 Å². The number of benzene rings is 2. The van der Waals surface area contributed by atoms with Gasteiger partial charge < -0.3 is 14.7 Å². The van der Waals surface area contributed by atoms with Crippen LogP contribution in [0.1, 0.15) is 50.5 Å². The fraction of sp³-hybridized carbons (Fsp3) is 0.350. The van der Waals surface area contributed by atoms with Gasteiger partial charge in [0.1, 0.15) is 11.4 Å². The Morgan fingerprint density at radius 2 is 1.67 bits per heavy atom. The summed E-state index contributed by atoms with van der Waals surface area (Å²) in [4.78, 5) is 11.6. The molecule has 0 saturated heterocycles. The number of carbonyl (C=O) groups is 1. The summed E-state index contributed by atoms with van der Waals surface area (Å²) in [6.07, 6.45) is 0. The Kier molecular flexibility index (Phi) is 11.6. The van der Waals surface area contributed by atoms with Gasteiger partial charge in [0, 0.05) is 10.7 Å². The second-order valence-electron chi connectivity index (χ2n) is 6.18. The van der Waals surface area contributed by atoms with E-state index in [1.165, 1.54) is 24.3 Å². The number of rotatable bonds is 3. The fourth-order valence-electron chi connectivity index (χ4n) is 1.63. The number of aryl methyl sites for hydroxylation is 1. The first-order valence-electron chi connectivity index (χ1n) is 8.42.